The van der Waals surface area contributed by atoms with Gasteiger partial charge in [-0.3, -0.25) is 14.9 Å². The van der Waals surface area contributed by atoms with Gasteiger partial charge in [0.2, 0.25) is 0 Å². The fraction of sp³-hybridized carbons (Fsp3) is 0.273. The molecule has 8 heteroatoms. The highest BCUT2D eigenvalue weighted by Crippen LogP contribution is 2.23. The summed E-state index contributed by atoms with van der Waals surface area (Å²) in [6.07, 6.45) is -2.59. The molecular weight excluding hydrogens is 252 g/mol. The summed E-state index contributed by atoms with van der Waals surface area (Å²) in [6, 6.07) is 4.16. The van der Waals surface area contributed by atoms with Gasteiger partial charge < -0.3 is 10.2 Å². The average molecular weight is 262 g/mol. The van der Waals surface area contributed by atoms with Gasteiger partial charge in [0.05, 0.1) is 23.8 Å². The van der Waals surface area contributed by atoms with E-state index in [2.05, 4.69) is 15.3 Å². The summed E-state index contributed by atoms with van der Waals surface area (Å²) in [5, 5.41) is 24.7. The molecule has 8 nitrogen and oxygen atoms in total. The van der Waals surface area contributed by atoms with Gasteiger partial charge in [0.1, 0.15) is 6.10 Å². The lowest BCUT2D eigenvalue weighted by Crippen LogP contribution is -2.21. The van der Waals surface area contributed by atoms with E-state index in [0.717, 1.165) is 0 Å². The van der Waals surface area contributed by atoms with E-state index in [4.69, 9.17) is 5.53 Å². The van der Waals surface area contributed by atoms with Gasteiger partial charge >= 0.3 is 0 Å². The van der Waals surface area contributed by atoms with Crippen LogP contribution in [0.2, 0.25) is 0 Å². The first kappa shape index (κ1) is 13.0. The second kappa shape index (κ2) is 5.07. The van der Waals surface area contributed by atoms with Crippen LogP contribution in [-0.2, 0) is 0 Å². The number of nitrogens with zero attached hydrogens (tertiary/aromatic N) is 3. The van der Waals surface area contributed by atoms with E-state index in [1.807, 2.05) is 0 Å². The summed E-state index contributed by atoms with van der Waals surface area (Å²) in [6.45, 7) is -0.292. The zero-order valence-corrected chi connectivity index (χ0v) is 9.65. The number of amides is 2. The Balaban J connectivity index is 2.27. The average Bonchev–Trinajstić information content (AvgIpc) is 2.70. The molecule has 2 atom stereocenters. The van der Waals surface area contributed by atoms with Crippen molar-refractivity contribution in [3.05, 3.63) is 45.3 Å². The van der Waals surface area contributed by atoms with Crippen LogP contribution in [0, 0.1) is 0 Å². The van der Waals surface area contributed by atoms with E-state index in [-0.39, 0.29) is 23.2 Å². The monoisotopic (exact) mass is 262 g/mol. The molecule has 0 aliphatic carbocycles. The SMILES string of the molecule is [N-]=[N+]=NCC(O)C(O)c1ccc2c(c1)C(=O)NC2=O. The van der Waals surface area contributed by atoms with E-state index in [9.17, 15) is 19.8 Å². The third-order valence-corrected chi connectivity index (χ3v) is 2.80. The van der Waals surface area contributed by atoms with Crippen LogP contribution in [0.15, 0.2) is 23.3 Å². The first-order valence-electron chi connectivity index (χ1n) is 5.41. The Hall–Kier alpha value is -2.41. The fourth-order valence-corrected chi connectivity index (χ4v) is 1.81. The lowest BCUT2D eigenvalue weighted by atomic mass is 9.99. The number of nitrogens with one attached hydrogen (secondary N) is 1. The van der Waals surface area contributed by atoms with Crippen molar-refractivity contribution in [1.82, 2.24) is 5.32 Å². The van der Waals surface area contributed by atoms with Crippen LogP contribution in [0.4, 0.5) is 0 Å². The minimum absolute atomic E-state index is 0.150. The molecule has 0 aromatic heterocycles. The summed E-state index contributed by atoms with van der Waals surface area (Å²) in [5.74, 6) is -1.03. The molecule has 0 saturated heterocycles. The summed E-state index contributed by atoms with van der Waals surface area (Å²) < 4.78 is 0. The normalized spacial score (nSPS) is 16.3. The molecule has 1 heterocycles. The van der Waals surface area contributed by atoms with Crippen molar-refractivity contribution in [2.75, 3.05) is 6.54 Å². The van der Waals surface area contributed by atoms with E-state index in [1.54, 1.807) is 0 Å². The van der Waals surface area contributed by atoms with Gasteiger partial charge in [0.15, 0.2) is 0 Å². The minimum atomic E-state index is -1.31. The number of rotatable bonds is 4. The molecule has 1 aliphatic rings. The zero-order valence-electron chi connectivity index (χ0n) is 9.65. The first-order chi connectivity index (χ1) is 9.04. The lowest BCUT2D eigenvalue weighted by Gasteiger charge is -2.16. The highest BCUT2D eigenvalue weighted by atomic mass is 16.3. The highest BCUT2D eigenvalue weighted by molar-refractivity contribution is 6.21. The van der Waals surface area contributed by atoms with Gasteiger partial charge in [-0.25, -0.2) is 0 Å². The molecule has 0 spiro atoms. The van der Waals surface area contributed by atoms with Gasteiger partial charge in [-0.1, -0.05) is 11.2 Å². The maximum absolute atomic E-state index is 11.4. The predicted octanol–water partition coefficient (Wildman–Crippen LogP) is 0.275. The van der Waals surface area contributed by atoms with E-state index < -0.39 is 24.0 Å². The maximum atomic E-state index is 11.4. The standard InChI is InChI=1S/C11H10N4O4/c12-15-13-4-8(16)9(17)5-1-2-6-7(3-5)11(19)14-10(6)18/h1-3,8-9,16-17H,4H2,(H,14,18,19). The number of carbonyl (C=O) groups is 2. The number of aliphatic hydroxyl groups excluding tert-OH is 2. The largest absolute Gasteiger partial charge is 0.390 e. The van der Waals surface area contributed by atoms with Crippen molar-refractivity contribution in [3.8, 4) is 0 Å². The Kier molecular flexibility index (Phi) is 3.48. The van der Waals surface area contributed by atoms with E-state index >= 15 is 0 Å². The summed E-state index contributed by atoms with van der Waals surface area (Å²) in [5.41, 5.74) is 8.78. The van der Waals surface area contributed by atoms with Crippen molar-refractivity contribution in [3.63, 3.8) is 0 Å². The Morgan fingerprint density at radius 3 is 2.63 bits per heavy atom. The number of azide groups is 1. The van der Waals surface area contributed by atoms with Gasteiger partial charge in [-0.2, -0.15) is 0 Å². The molecule has 98 valence electrons. The smallest absolute Gasteiger partial charge is 0.258 e. The first-order valence-corrected chi connectivity index (χ1v) is 5.41. The number of benzene rings is 1. The third-order valence-electron chi connectivity index (χ3n) is 2.80. The number of hydrogen-bond acceptors (Lipinski definition) is 5. The molecule has 3 N–H and O–H groups in total. The molecule has 0 radical (unpaired) electrons. The van der Waals surface area contributed by atoms with Gasteiger partial charge in [-0.15, -0.1) is 0 Å². The van der Waals surface area contributed by atoms with Crippen LogP contribution in [0.5, 0.6) is 0 Å². The minimum Gasteiger partial charge on any atom is -0.390 e. The maximum Gasteiger partial charge on any atom is 0.258 e. The topological polar surface area (TPSA) is 135 Å². The van der Waals surface area contributed by atoms with Crippen LogP contribution in [0.3, 0.4) is 0 Å². The van der Waals surface area contributed by atoms with Crippen molar-refractivity contribution in [2.45, 2.75) is 12.2 Å². The van der Waals surface area contributed by atoms with Crippen LogP contribution < -0.4 is 5.32 Å². The predicted molar refractivity (Wildman–Crippen MR) is 63.2 cm³/mol. The fourth-order valence-electron chi connectivity index (χ4n) is 1.81. The molecule has 0 saturated carbocycles. The molecule has 1 aliphatic heterocycles. The third kappa shape index (κ3) is 2.41. The van der Waals surface area contributed by atoms with Gasteiger partial charge in [0.25, 0.3) is 11.8 Å². The Labute approximate surface area is 107 Å². The molecule has 19 heavy (non-hydrogen) atoms. The Morgan fingerprint density at radius 1 is 1.26 bits per heavy atom. The molecule has 2 amide bonds. The van der Waals surface area contributed by atoms with Gasteiger partial charge in [-0.05, 0) is 23.2 Å². The van der Waals surface area contributed by atoms with Crippen LogP contribution >= 0.6 is 0 Å². The summed E-state index contributed by atoms with van der Waals surface area (Å²) >= 11 is 0. The quantitative estimate of drug-likeness (QED) is 0.310. The van der Waals surface area contributed by atoms with Crippen LogP contribution in [-0.4, -0.2) is 34.7 Å². The van der Waals surface area contributed by atoms with Crippen molar-refractivity contribution in [1.29, 1.82) is 0 Å². The zero-order chi connectivity index (χ0) is 14.0. The number of aliphatic hydroxyl groups is 2. The second-order valence-electron chi connectivity index (χ2n) is 4.01. The molecule has 1 aromatic carbocycles. The van der Waals surface area contributed by atoms with Crippen molar-refractivity contribution >= 4 is 11.8 Å². The second-order valence-corrected chi connectivity index (χ2v) is 4.01. The summed E-state index contributed by atoms with van der Waals surface area (Å²) in [4.78, 5) is 25.3. The lowest BCUT2D eigenvalue weighted by molar-refractivity contribution is 0.0244. The molecule has 1 aromatic rings. The van der Waals surface area contributed by atoms with Crippen molar-refractivity contribution in [2.24, 2.45) is 5.11 Å². The number of imide groups is 1. The van der Waals surface area contributed by atoms with Crippen LogP contribution in [0.25, 0.3) is 10.4 Å². The highest BCUT2D eigenvalue weighted by Gasteiger charge is 2.28. The van der Waals surface area contributed by atoms with E-state index in [0.29, 0.717) is 0 Å². The number of fused-ring (bicyclic) bond motifs is 1. The van der Waals surface area contributed by atoms with Crippen LogP contribution in [0.1, 0.15) is 32.4 Å². The summed E-state index contributed by atoms with van der Waals surface area (Å²) in [7, 11) is 0. The van der Waals surface area contributed by atoms with Gasteiger partial charge in [0, 0.05) is 4.91 Å². The molecule has 0 bridgehead atoms. The molecule has 2 rings (SSSR count). The van der Waals surface area contributed by atoms with E-state index in [1.165, 1.54) is 18.2 Å². The molecule has 2 unspecified atom stereocenters. The van der Waals surface area contributed by atoms with Crippen molar-refractivity contribution < 1.29 is 19.8 Å². The Morgan fingerprint density at radius 2 is 1.95 bits per heavy atom. The Bertz CT molecular complexity index is 594. The number of carbonyl (C=O) groups excluding carboxylic acids is 2. The molecule has 0 fully saturated rings. The number of hydrogen-bond donors (Lipinski definition) is 3. The molecular formula is C11H10N4O4.